The van der Waals surface area contributed by atoms with E-state index < -0.39 is 0 Å². The quantitative estimate of drug-likeness (QED) is 0.841. The number of amides is 1. The van der Waals surface area contributed by atoms with Crippen LogP contribution in [0.4, 0.5) is 5.69 Å². The van der Waals surface area contributed by atoms with E-state index in [1.807, 2.05) is 23.9 Å². The van der Waals surface area contributed by atoms with Gasteiger partial charge in [-0.3, -0.25) is 4.79 Å². The van der Waals surface area contributed by atoms with E-state index in [9.17, 15) is 4.79 Å². The molecule has 0 bridgehead atoms. The SMILES string of the molecule is CN1CCSc2ccc(C(=O)NCCCN3CCCCC3)cc21. The smallest absolute Gasteiger partial charge is 0.251 e. The predicted molar refractivity (Wildman–Crippen MR) is 97.7 cm³/mol. The highest BCUT2D eigenvalue weighted by Crippen LogP contribution is 2.34. The van der Waals surface area contributed by atoms with Crippen molar-refractivity contribution in [3.05, 3.63) is 23.8 Å². The Morgan fingerprint density at radius 2 is 2.04 bits per heavy atom. The highest BCUT2D eigenvalue weighted by Gasteiger charge is 2.16. The van der Waals surface area contributed by atoms with Crippen molar-refractivity contribution >= 4 is 23.4 Å². The zero-order valence-electron chi connectivity index (χ0n) is 14.0. The Labute approximate surface area is 143 Å². The van der Waals surface area contributed by atoms with Crippen molar-refractivity contribution in [1.82, 2.24) is 10.2 Å². The number of nitrogens with zero attached hydrogens (tertiary/aromatic N) is 2. The Morgan fingerprint density at radius 1 is 1.22 bits per heavy atom. The molecule has 0 aliphatic carbocycles. The zero-order chi connectivity index (χ0) is 16.1. The van der Waals surface area contributed by atoms with Crippen molar-refractivity contribution in [3.63, 3.8) is 0 Å². The van der Waals surface area contributed by atoms with Crippen molar-refractivity contribution in [3.8, 4) is 0 Å². The van der Waals surface area contributed by atoms with E-state index in [-0.39, 0.29) is 5.91 Å². The molecule has 0 saturated carbocycles. The highest BCUT2D eigenvalue weighted by atomic mass is 32.2. The minimum atomic E-state index is 0.0513. The third-order valence-corrected chi connectivity index (χ3v) is 5.74. The van der Waals surface area contributed by atoms with Crippen LogP contribution in [0.3, 0.4) is 0 Å². The number of piperidine rings is 1. The fourth-order valence-corrected chi connectivity index (χ4v) is 4.39. The number of carbonyl (C=O) groups is 1. The fraction of sp³-hybridized carbons (Fsp3) is 0.611. The summed E-state index contributed by atoms with van der Waals surface area (Å²) >= 11 is 1.87. The zero-order valence-corrected chi connectivity index (χ0v) is 14.8. The van der Waals surface area contributed by atoms with E-state index in [0.717, 1.165) is 37.4 Å². The molecule has 3 rings (SSSR count). The van der Waals surface area contributed by atoms with E-state index in [1.54, 1.807) is 0 Å². The van der Waals surface area contributed by atoms with Gasteiger partial charge in [0.25, 0.3) is 5.91 Å². The third-order valence-electron chi connectivity index (χ3n) is 4.70. The molecule has 0 spiro atoms. The number of hydrogen-bond donors (Lipinski definition) is 1. The summed E-state index contributed by atoms with van der Waals surface area (Å²) in [4.78, 5) is 18.4. The lowest BCUT2D eigenvalue weighted by Gasteiger charge is -2.27. The van der Waals surface area contributed by atoms with Crippen LogP contribution in [0.15, 0.2) is 23.1 Å². The van der Waals surface area contributed by atoms with Gasteiger partial charge in [0, 0.05) is 36.3 Å². The first-order valence-corrected chi connectivity index (χ1v) is 9.71. The average molecular weight is 334 g/mol. The first kappa shape index (κ1) is 16.7. The molecule has 4 nitrogen and oxygen atoms in total. The summed E-state index contributed by atoms with van der Waals surface area (Å²) in [6, 6.07) is 6.06. The second-order valence-corrected chi connectivity index (χ2v) is 7.60. The standard InChI is InChI=1S/C18H27N3OS/c1-20-12-13-23-17-7-6-15(14-16(17)20)18(22)19-8-5-11-21-9-3-2-4-10-21/h6-7,14H,2-5,8-13H2,1H3,(H,19,22). The van der Waals surface area contributed by atoms with Gasteiger partial charge in [-0.05, 0) is 57.1 Å². The van der Waals surface area contributed by atoms with E-state index in [0.29, 0.717) is 0 Å². The van der Waals surface area contributed by atoms with Gasteiger partial charge in [0.05, 0.1) is 5.69 Å². The Hall–Kier alpha value is -1.20. The van der Waals surface area contributed by atoms with Crippen molar-refractivity contribution in [1.29, 1.82) is 0 Å². The molecule has 1 saturated heterocycles. The van der Waals surface area contributed by atoms with Crippen LogP contribution in [0, 0.1) is 0 Å². The second kappa shape index (κ2) is 8.06. The maximum Gasteiger partial charge on any atom is 0.251 e. The summed E-state index contributed by atoms with van der Waals surface area (Å²) in [5, 5.41) is 3.07. The monoisotopic (exact) mass is 333 g/mol. The summed E-state index contributed by atoms with van der Waals surface area (Å²) in [7, 11) is 2.10. The Bertz CT molecular complexity index is 543. The van der Waals surface area contributed by atoms with Crippen molar-refractivity contribution < 1.29 is 4.79 Å². The first-order valence-electron chi connectivity index (χ1n) is 8.72. The highest BCUT2D eigenvalue weighted by molar-refractivity contribution is 7.99. The molecule has 1 N–H and O–H groups in total. The molecule has 1 aromatic carbocycles. The van der Waals surface area contributed by atoms with Gasteiger partial charge in [0.15, 0.2) is 0 Å². The van der Waals surface area contributed by atoms with E-state index in [4.69, 9.17) is 0 Å². The Morgan fingerprint density at radius 3 is 2.87 bits per heavy atom. The minimum Gasteiger partial charge on any atom is -0.373 e. The molecule has 1 amide bonds. The van der Waals surface area contributed by atoms with Gasteiger partial charge in [0.1, 0.15) is 0 Å². The van der Waals surface area contributed by atoms with Crippen LogP contribution in [0.5, 0.6) is 0 Å². The van der Waals surface area contributed by atoms with Crippen LogP contribution < -0.4 is 10.2 Å². The van der Waals surface area contributed by atoms with Crippen LogP contribution in [-0.2, 0) is 0 Å². The maximum absolute atomic E-state index is 12.3. The molecular weight excluding hydrogens is 306 g/mol. The van der Waals surface area contributed by atoms with E-state index >= 15 is 0 Å². The molecular formula is C18H27N3OS. The molecule has 1 fully saturated rings. The molecule has 2 heterocycles. The number of hydrogen-bond acceptors (Lipinski definition) is 4. The summed E-state index contributed by atoms with van der Waals surface area (Å²) < 4.78 is 0. The molecule has 1 aromatic rings. The van der Waals surface area contributed by atoms with Crippen LogP contribution in [0.2, 0.25) is 0 Å². The summed E-state index contributed by atoms with van der Waals surface area (Å²) in [6.45, 7) is 5.35. The third kappa shape index (κ3) is 4.42. The Balaban J connectivity index is 1.47. The molecule has 2 aliphatic rings. The van der Waals surface area contributed by atoms with E-state index in [1.165, 1.54) is 42.9 Å². The fourth-order valence-electron chi connectivity index (χ4n) is 3.28. The van der Waals surface area contributed by atoms with Gasteiger partial charge in [-0.1, -0.05) is 6.42 Å². The normalized spacial score (nSPS) is 18.6. The van der Waals surface area contributed by atoms with Gasteiger partial charge in [-0.15, -0.1) is 11.8 Å². The molecule has 0 atom stereocenters. The van der Waals surface area contributed by atoms with Crippen molar-refractivity contribution in [2.24, 2.45) is 0 Å². The molecule has 5 heteroatoms. The number of carbonyl (C=O) groups excluding carboxylic acids is 1. The van der Waals surface area contributed by atoms with Crippen LogP contribution in [0.1, 0.15) is 36.0 Å². The maximum atomic E-state index is 12.3. The predicted octanol–water partition coefficient (Wildman–Crippen LogP) is 2.83. The van der Waals surface area contributed by atoms with Gasteiger partial charge in [-0.25, -0.2) is 0 Å². The lowest BCUT2D eigenvalue weighted by atomic mass is 10.1. The van der Waals surface area contributed by atoms with Gasteiger partial charge >= 0.3 is 0 Å². The number of rotatable bonds is 5. The molecule has 2 aliphatic heterocycles. The number of thioether (sulfide) groups is 1. The minimum absolute atomic E-state index is 0.0513. The topological polar surface area (TPSA) is 35.6 Å². The van der Waals surface area contributed by atoms with Crippen LogP contribution >= 0.6 is 11.8 Å². The van der Waals surface area contributed by atoms with Gasteiger partial charge in [0.2, 0.25) is 0 Å². The van der Waals surface area contributed by atoms with Crippen LogP contribution in [0.25, 0.3) is 0 Å². The number of benzene rings is 1. The van der Waals surface area contributed by atoms with Crippen molar-refractivity contribution in [2.75, 3.05) is 50.4 Å². The molecule has 126 valence electrons. The molecule has 0 aromatic heterocycles. The molecule has 0 unspecified atom stereocenters. The summed E-state index contributed by atoms with van der Waals surface area (Å²) in [5.74, 6) is 1.17. The van der Waals surface area contributed by atoms with Gasteiger partial charge < -0.3 is 15.1 Å². The lowest BCUT2D eigenvalue weighted by Crippen LogP contribution is -2.33. The molecule has 23 heavy (non-hydrogen) atoms. The lowest BCUT2D eigenvalue weighted by molar-refractivity contribution is 0.0951. The average Bonchev–Trinajstić information content (AvgIpc) is 2.59. The summed E-state index contributed by atoms with van der Waals surface area (Å²) in [5.41, 5.74) is 1.96. The largest absolute Gasteiger partial charge is 0.373 e. The number of nitrogens with one attached hydrogen (secondary N) is 1. The first-order chi connectivity index (χ1) is 11.2. The van der Waals surface area contributed by atoms with E-state index in [2.05, 4.69) is 28.2 Å². The van der Waals surface area contributed by atoms with Crippen molar-refractivity contribution in [2.45, 2.75) is 30.6 Å². The van der Waals surface area contributed by atoms with Gasteiger partial charge in [-0.2, -0.15) is 0 Å². The number of likely N-dealkylation sites (tertiary alicyclic amines) is 1. The number of anilines is 1. The number of fused-ring (bicyclic) bond motifs is 1. The Kier molecular flexibility index (Phi) is 5.84. The second-order valence-electron chi connectivity index (χ2n) is 6.46. The van der Waals surface area contributed by atoms with Crippen LogP contribution in [-0.4, -0.2) is 56.3 Å². The summed E-state index contributed by atoms with van der Waals surface area (Å²) in [6.07, 6.45) is 5.06. The molecule has 0 radical (unpaired) electrons.